The van der Waals surface area contributed by atoms with Crippen LogP contribution < -0.4 is 5.32 Å². The maximum absolute atomic E-state index is 9.52. The molecule has 0 saturated carbocycles. The topological polar surface area (TPSA) is 41.5 Å². The molecule has 0 bridgehead atoms. The van der Waals surface area contributed by atoms with E-state index in [1.54, 1.807) is 6.07 Å². The minimum absolute atomic E-state index is 0.351. The summed E-state index contributed by atoms with van der Waals surface area (Å²) in [6.07, 6.45) is 3.24. The van der Waals surface area contributed by atoms with Crippen molar-refractivity contribution in [1.29, 1.82) is 0 Å². The summed E-state index contributed by atoms with van der Waals surface area (Å²) in [4.78, 5) is 0. The Morgan fingerprint density at radius 2 is 2.39 bits per heavy atom. The van der Waals surface area contributed by atoms with Gasteiger partial charge in [-0.05, 0) is 43.5 Å². The summed E-state index contributed by atoms with van der Waals surface area (Å²) in [7, 11) is 0. The van der Waals surface area contributed by atoms with Crippen molar-refractivity contribution in [3.63, 3.8) is 0 Å². The number of hydrogen-bond acceptors (Lipinski definition) is 3. The van der Waals surface area contributed by atoms with E-state index in [1.807, 2.05) is 12.1 Å². The van der Waals surface area contributed by atoms with Crippen molar-refractivity contribution in [2.45, 2.75) is 32.2 Å². The first-order chi connectivity index (χ1) is 8.79. The lowest BCUT2D eigenvalue weighted by Gasteiger charge is -2.24. The molecule has 1 aromatic rings. The highest BCUT2D eigenvalue weighted by molar-refractivity contribution is 5.27. The highest BCUT2D eigenvalue weighted by Gasteiger charge is 2.25. The Labute approximate surface area is 109 Å². The normalized spacial score (nSPS) is 21.1. The lowest BCUT2D eigenvalue weighted by Crippen LogP contribution is -2.38. The number of rotatable bonds is 6. The van der Waals surface area contributed by atoms with Crippen LogP contribution in [0.25, 0.3) is 0 Å². The van der Waals surface area contributed by atoms with Crippen LogP contribution >= 0.6 is 0 Å². The van der Waals surface area contributed by atoms with Crippen molar-refractivity contribution in [1.82, 2.24) is 5.32 Å². The SMILES string of the molecule is CCCNC(Cc1cccc(O)c1)C1CCOC1. The largest absolute Gasteiger partial charge is 0.508 e. The first-order valence-electron chi connectivity index (χ1n) is 6.88. The van der Waals surface area contributed by atoms with Crippen LogP contribution in [-0.4, -0.2) is 30.9 Å². The van der Waals surface area contributed by atoms with E-state index in [-0.39, 0.29) is 0 Å². The van der Waals surface area contributed by atoms with Gasteiger partial charge in [0, 0.05) is 18.6 Å². The first-order valence-corrected chi connectivity index (χ1v) is 6.88. The monoisotopic (exact) mass is 249 g/mol. The van der Waals surface area contributed by atoms with Crippen LogP contribution in [0.4, 0.5) is 0 Å². The Morgan fingerprint density at radius 1 is 1.50 bits per heavy atom. The quantitative estimate of drug-likeness (QED) is 0.813. The molecule has 0 spiro atoms. The Bertz CT molecular complexity index is 361. The summed E-state index contributed by atoms with van der Waals surface area (Å²) < 4.78 is 5.49. The van der Waals surface area contributed by atoms with E-state index in [4.69, 9.17) is 4.74 Å². The average Bonchev–Trinajstić information content (AvgIpc) is 2.88. The van der Waals surface area contributed by atoms with Gasteiger partial charge in [0.2, 0.25) is 0 Å². The molecule has 1 heterocycles. The summed E-state index contributed by atoms with van der Waals surface area (Å²) in [5.41, 5.74) is 1.19. The van der Waals surface area contributed by atoms with E-state index < -0.39 is 0 Å². The summed E-state index contributed by atoms with van der Waals surface area (Å²) in [5, 5.41) is 13.1. The number of nitrogens with one attached hydrogen (secondary N) is 1. The Kier molecular flexibility index (Phi) is 5.02. The van der Waals surface area contributed by atoms with E-state index in [9.17, 15) is 5.11 Å². The number of hydrogen-bond donors (Lipinski definition) is 2. The van der Waals surface area contributed by atoms with Crippen LogP contribution in [0.3, 0.4) is 0 Å². The van der Waals surface area contributed by atoms with Crippen molar-refractivity contribution in [3.8, 4) is 5.75 Å². The Hall–Kier alpha value is -1.06. The van der Waals surface area contributed by atoms with Crippen molar-refractivity contribution >= 4 is 0 Å². The highest BCUT2D eigenvalue weighted by atomic mass is 16.5. The van der Waals surface area contributed by atoms with Gasteiger partial charge in [-0.25, -0.2) is 0 Å². The average molecular weight is 249 g/mol. The van der Waals surface area contributed by atoms with Gasteiger partial charge in [-0.2, -0.15) is 0 Å². The smallest absolute Gasteiger partial charge is 0.115 e. The molecule has 2 N–H and O–H groups in total. The molecule has 2 rings (SSSR count). The van der Waals surface area contributed by atoms with Crippen molar-refractivity contribution in [2.24, 2.45) is 5.92 Å². The standard InChI is InChI=1S/C15H23NO2/c1-2-7-16-15(13-6-8-18-11-13)10-12-4-3-5-14(17)9-12/h3-5,9,13,15-17H,2,6-8,10-11H2,1H3. The molecule has 18 heavy (non-hydrogen) atoms. The second-order valence-electron chi connectivity index (χ2n) is 5.06. The zero-order valence-electron chi connectivity index (χ0n) is 11.1. The van der Waals surface area contributed by atoms with Gasteiger partial charge in [-0.3, -0.25) is 0 Å². The van der Waals surface area contributed by atoms with Crippen LogP contribution in [0.15, 0.2) is 24.3 Å². The van der Waals surface area contributed by atoms with Gasteiger partial charge < -0.3 is 15.2 Å². The maximum Gasteiger partial charge on any atom is 0.115 e. The Morgan fingerprint density at radius 3 is 3.06 bits per heavy atom. The molecular formula is C15H23NO2. The number of ether oxygens (including phenoxy) is 1. The van der Waals surface area contributed by atoms with Gasteiger partial charge in [0.15, 0.2) is 0 Å². The molecule has 100 valence electrons. The van der Waals surface area contributed by atoms with Crippen LogP contribution in [-0.2, 0) is 11.2 Å². The van der Waals surface area contributed by atoms with Gasteiger partial charge in [0.05, 0.1) is 6.61 Å². The lowest BCUT2D eigenvalue weighted by molar-refractivity contribution is 0.176. The molecule has 0 aliphatic carbocycles. The minimum Gasteiger partial charge on any atom is -0.508 e. The van der Waals surface area contributed by atoms with Crippen LogP contribution in [0.2, 0.25) is 0 Å². The number of phenols is 1. The summed E-state index contributed by atoms with van der Waals surface area (Å²) in [6.45, 7) is 4.97. The second-order valence-corrected chi connectivity index (χ2v) is 5.06. The fourth-order valence-corrected chi connectivity index (χ4v) is 2.54. The number of phenolic OH excluding ortho intramolecular Hbond substituents is 1. The van der Waals surface area contributed by atoms with Gasteiger partial charge >= 0.3 is 0 Å². The van der Waals surface area contributed by atoms with Crippen LogP contribution in [0.5, 0.6) is 5.75 Å². The molecule has 1 aliphatic rings. The molecular weight excluding hydrogens is 226 g/mol. The lowest BCUT2D eigenvalue weighted by atomic mass is 9.92. The van der Waals surface area contributed by atoms with E-state index in [1.165, 1.54) is 5.56 Å². The second kappa shape index (κ2) is 6.76. The third-order valence-corrected chi connectivity index (χ3v) is 3.56. The first kappa shape index (κ1) is 13.4. The fourth-order valence-electron chi connectivity index (χ4n) is 2.54. The number of aromatic hydroxyl groups is 1. The van der Waals surface area contributed by atoms with E-state index in [0.29, 0.717) is 17.7 Å². The van der Waals surface area contributed by atoms with Gasteiger partial charge in [0.25, 0.3) is 0 Å². The third-order valence-electron chi connectivity index (χ3n) is 3.56. The summed E-state index contributed by atoms with van der Waals surface area (Å²) in [6, 6.07) is 8.02. The van der Waals surface area contributed by atoms with Crippen molar-refractivity contribution in [2.75, 3.05) is 19.8 Å². The van der Waals surface area contributed by atoms with E-state index >= 15 is 0 Å². The molecule has 1 aromatic carbocycles. The summed E-state index contributed by atoms with van der Waals surface area (Å²) >= 11 is 0. The molecule has 0 amide bonds. The molecule has 3 heteroatoms. The highest BCUT2D eigenvalue weighted by Crippen LogP contribution is 2.21. The summed E-state index contributed by atoms with van der Waals surface area (Å²) in [5.74, 6) is 0.948. The molecule has 1 aliphatic heterocycles. The van der Waals surface area contributed by atoms with Crippen LogP contribution in [0.1, 0.15) is 25.3 Å². The van der Waals surface area contributed by atoms with E-state index in [0.717, 1.165) is 39.0 Å². The Balaban J connectivity index is 1.99. The third kappa shape index (κ3) is 3.72. The predicted molar refractivity (Wildman–Crippen MR) is 72.8 cm³/mol. The molecule has 3 nitrogen and oxygen atoms in total. The van der Waals surface area contributed by atoms with Gasteiger partial charge in [-0.15, -0.1) is 0 Å². The van der Waals surface area contributed by atoms with E-state index in [2.05, 4.69) is 18.3 Å². The molecule has 1 fully saturated rings. The molecule has 0 radical (unpaired) electrons. The maximum atomic E-state index is 9.52. The van der Waals surface area contributed by atoms with Gasteiger partial charge in [0.1, 0.15) is 5.75 Å². The zero-order valence-corrected chi connectivity index (χ0v) is 11.1. The van der Waals surface area contributed by atoms with Crippen molar-refractivity contribution < 1.29 is 9.84 Å². The molecule has 2 unspecified atom stereocenters. The zero-order chi connectivity index (χ0) is 12.8. The fraction of sp³-hybridized carbons (Fsp3) is 0.600. The molecule has 1 saturated heterocycles. The molecule has 0 aromatic heterocycles. The number of benzene rings is 1. The van der Waals surface area contributed by atoms with Gasteiger partial charge in [-0.1, -0.05) is 19.1 Å². The van der Waals surface area contributed by atoms with Crippen LogP contribution in [0, 0.1) is 5.92 Å². The molecule has 2 atom stereocenters. The predicted octanol–water partition coefficient (Wildman–Crippen LogP) is 2.34. The van der Waals surface area contributed by atoms with Crippen molar-refractivity contribution in [3.05, 3.63) is 29.8 Å². The minimum atomic E-state index is 0.351.